The van der Waals surface area contributed by atoms with E-state index in [4.69, 9.17) is 0 Å². The molecule has 0 aromatic heterocycles. The number of halogens is 2. The summed E-state index contributed by atoms with van der Waals surface area (Å²) >= 11 is -1.15. The van der Waals surface area contributed by atoms with Gasteiger partial charge in [-0.25, -0.2) is 0 Å². The SMILES string of the molecule is CC1=C(C)[CH]([U+2][CH]2C(C)=C(C)c3c(C)cccc32)c2cccc(C)c21.[Cl-].[Cl-]. The molecule has 2 aliphatic rings. The Morgan fingerprint density at radius 3 is 1.33 bits per heavy atom. The number of hydrogen-bond donors (Lipinski definition) is 0. The summed E-state index contributed by atoms with van der Waals surface area (Å²) < 4.78 is 1.52. The van der Waals surface area contributed by atoms with Gasteiger partial charge in [0.05, 0.1) is 0 Å². The van der Waals surface area contributed by atoms with Gasteiger partial charge in [0, 0.05) is 0 Å². The number of rotatable bonds is 2. The van der Waals surface area contributed by atoms with Crippen LogP contribution < -0.4 is 24.8 Å². The minimum absolute atomic E-state index is 0. The standard InChI is InChI=1S/2C12H13.2ClH.U/c2*1-8-5-4-6-11-7-9(2)10(3)12(8)11;;;/h2*4-7H,1-3H3;2*1H;/q;;;;+2/p-2. The van der Waals surface area contributed by atoms with Crippen LogP contribution in [-0.2, 0) is 0 Å². The average molecular weight is 623 g/mol. The zero-order chi connectivity index (χ0) is 17.9. The van der Waals surface area contributed by atoms with E-state index in [1.54, 1.807) is 44.5 Å². The largest absolute Gasteiger partial charge is 1.00 e. The summed E-state index contributed by atoms with van der Waals surface area (Å²) in [6, 6.07) is 13.9. The fourth-order valence-electron chi connectivity index (χ4n) is 4.78. The van der Waals surface area contributed by atoms with Crippen LogP contribution in [0, 0.1) is 41.6 Å². The summed E-state index contributed by atoms with van der Waals surface area (Å²) in [5.74, 6) is 0. The fourth-order valence-corrected chi connectivity index (χ4v) is 13.5. The van der Waals surface area contributed by atoms with Crippen LogP contribution in [-0.4, -0.2) is 0 Å². The van der Waals surface area contributed by atoms with Crippen molar-refractivity contribution < 1.29 is 52.5 Å². The quantitative estimate of drug-likeness (QED) is 0.465. The summed E-state index contributed by atoms with van der Waals surface area (Å²) in [6.45, 7) is 14.0. The van der Waals surface area contributed by atoms with Gasteiger partial charge in [-0.15, -0.1) is 0 Å². The second-order valence-corrected chi connectivity index (χ2v) is 13.9. The molecule has 0 aliphatic heterocycles. The van der Waals surface area contributed by atoms with Crippen molar-refractivity contribution in [2.45, 2.75) is 47.4 Å². The summed E-state index contributed by atoms with van der Waals surface area (Å²) in [4.78, 5) is 0. The molecule has 27 heavy (non-hydrogen) atoms. The Labute approximate surface area is 190 Å². The van der Waals surface area contributed by atoms with Crippen LogP contribution in [0.5, 0.6) is 0 Å². The van der Waals surface area contributed by atoms with Crippen molar-refractivity contribution >= 4 is 11.1 Å². The van der Waals surface area contributed by atoms with Gasteiger partial charge in [0.15, 0.2) is 0 Å². The zero-order valence-corrected chi connectivity index (χ0v) is 22.6. The maximum atomic E-state index is 2.40. The Morgan fingerprint density at radius 1 is 0.593 bits per heavy atom. The van der Waals surface area contributed by atoms with E-state index in [-0.39, 0.29) is 24.8 Å². The monoisotopic (exact) mass is 622 g/mol. The van der Waals surface area contributed by atoms with Crippen molar-refractivity contribution in [2.24, 2.45) is 0 Å². The first-order valence-corrected chi connectivity index (χ1v) is 14.0. The van der Waals surface area contributed by atoms with Crippen LogP contribution >= 0.6 is 0 Å². The molecule has 3 heteroatoms. The van der Waals surface area contributed by atoms with Crippen molar-refractivity contribution in [3.63, 3.8) is 0 Å². The van der Waals surface area contributed by atoms with Gasteiger partial charge in [-0.2, -0.15) is 0 Å². The van der Waals surface area contributed by atoms with Gasteiger partial charge in [0.25, 0.3) is 0 Å². The third-order valence-corrected chi connectivity index (χ3v) is 15.3. The first-order chi connectivity index (χ1) is 11.9. The molecule has 2 aromatic carbocycles. The van der Waals surface area contributed by atoms with Gasteiger partial charge in [-0.3, -0.25) is 0 Å². The number of aryl methyl sites for hydroxylation is 2. The molecule has 2 aliphatic carbocycles. The Balaban J connectivity index is 0.00000131. The Hall–Kier alpha value is -0.448. The maximum Gasteiger partial charge on any atom is -1.00 e. The van der Waals surface area contributed by atoms with Crippen molar-refractivity contribution in [3.8, 4) is 0 Å². The second-order valence-electron chi connectivity index (χ2n) is 7.73. The molecule has 0 fully saturated rings. The van der Waals surface area contributed by atoms with E-state index in [2.05, 4.69) is 77.9 Å². The molecule has 140 valence electrons. The van der Waals surface area contributed by atoms with Crippen molar-refractivity contribution in [1.82, 2.24) is 0 Å². The third-order valence-electron chi connectivity index (χ3n) is 6.36. The van der Waals surface area contributed by atoms with E-state index in [1.165, 1.54) is 11.1 Å². The molecular weight excluding hydrogens is 597 g/mol. The van der Waals surface area contributed by atoms with Gasteiger partial charge < -0.3 is 24.8 Å². The number of hydrogen-bond acceptors (Lipinski definition) is 0. The number of fused-ring (bicyclic) bond motifs is 2. The normalized spacial score (nSPS) is 19.9. The first kappa shape index (κ1) is 22.8. The van der Waals surface area contributed by atoms with Crippen molar-refractivity contribution in [3.05, 3.63) is 80.9 Å². The molecule has 0 heterocycles. The van der Waals surface area contributed by atoms with E-state index in [9.17, 15) is 0 Å². The maximum absolute atomic E-state index is 2.40. The van der Waals surface area contributed by atoms with Crippen LogP contribution in [0.1, 0.15) is 67.0 Å². The molecule has 0 radical (unpaired) electrons. The van der Waals surface area contributed by atoms with Crippen LogP contribution in [0.25, 0.3) is 11.1 Å². The minimum atomic E-state index is -1.15. The predicted molar refractivity (Wildman–Crippen MR) is 104 cm³/mol. The van der Waals surface area contributed by atoms with Gasteiger partial charge in [-0.05, 0) is 0 Å². The molecule has 0 saturated heterocycles. The molecule has 4 rings (SSSR count). The van der Waals surface area contributed by atoms with Gasteiger partial charge in [0.2, 0.25) is 0 Å². The summed E-state index contributed by atoms with van der Waals surface area (Å²) in [5.41, 5.74) is 15.7. The molecule has 0 nitrogen and oxygen atoms in total. The van der Waals surface area contributed by atoms with Crippen LogP contribution in [0.15, 0.2) is 47.5 Å². The predicted octanol–water partition coefficient (Wildman–Crippen LogP) is 0.793. The van der Waals surface area contributed by atoms with Gasteiger partial charge in [0.1, 0.15) is 0 Å². The van der Waals surface area contributed by atoms with E-state index in [0.29, 0.717) is 0 Å². The van der Waals surface area contributed by atoms with E-state index in [1.807, 2.05) is 0 Å². The van der Waals surface area contributed by atoms with Gasteiger partial charge in [-0.1, -0.05) is 0 Å². The molecule has 0 saturated carbocycles. The minimum Gasteiger partial charge on any atom is -1.00 e. The summed E-state index contributed by atoms with van der Waals surface area (Å²) in [5, 5.41) is 0. The van der Waals surface area contributed by atoms with Crippen LogP contribution in [0.3, 0.4) is 0 Å². The molecule has 0 spiro atoms. The van der Waals surface area contributed by atoms with E-state index < -0.39 is 27.7 Å². The first-order valence-electron chi connectivity index (χ1n) is 9.22. The van der Waals surface area contributed by atoms with Crippen molar-refractivity contribution in [1.29, 1.82) is 0 Å². The van der Waals surface area contributed by atoms with Crippen LogP contribution in [0.2, 0.25) is 0 Å². The molecule has 2 atom stereocenters. The summed E-state index contributed by atoms with van der Waals surface area (Å²) in [7, 11) is 0. The smallest absolute Gasteiger partial charge is 1.00 e. The average Bonchev–Trinajstić information content (AvgIpc) is 2.97. The third kappa shape index (κ3) is 3.51. The van der Waals surface area contributed by atoms with Crippen molar-refractivity contribution in [2.75, 3.05) is 0 Å². The number of benzene rings is 2. The fraction of sp³-hybridized carbons (Fsp3) is 0.333. The zero-order valence-electron chi connectivity index (χ0n) is 16.9. The summed E-state index contributed by atoms with van der Waals surface area (Å²) in [6.07, 6.45) is 0. The molecule has 2 aromatic rings. The Kier molecular flexibility index (Phi) is 7.20. The molecule has 0 N–H and O–H groups in total. The van der Waals surface area contributed by atoms with E-state index >= 15 is 0 Å². The van der Waals surface area contributed by atoms with E-state index in [0.717, 1.165) is 5.90 Å². The Bertz CT molecular complexity index is 875. The Morgan fingerprint density at radius 2 is 0.963 bits per heavy atom. The molecule has 0 amide bonds. The molecular formula is C24H26Cl2U. The molecule has 0 bridgehead atoms. The topological polar surface area (TPSA) is 0 Å². The molecule has 2 unspecified atom stereocenters. The number of allylic oxidation sites excluding steroid dienone is 4. The van der Waals surface area contributed by atoms with Gasteiger partial charge >= 0.3 is 167 Å². The second kappa shape index (κ2) is 8.51. The van der Waals surface area contributed by atoms with Crippen LogP contribution in [0.4, 0.5) is 0 Å².